The van der Waals surface area contributed by atoms with E-state index in [9.17, 15) is 5.11 Å². The van der Waals surface area contributed by atoms with Crippen LogP contribution in [0.25, 0.3) is 0 Å². The highest BCUT2D eigenvalue weighted by atomic mass is 16.5. The van der Waals surface area contributed by atoms with E-state index in [4.69, 9.17) is 4.74 Å². The lowest BCUT2D eigenvalue weighted by molar-refractivity contribution is -0.00618. The summed E-state index contributed by atoms with van der Waals surface area (Å²) in [5.74, 6) is 0. The lowest BCUT2D eigenvalue weighted by Gasteiger charge is -2.20. The first-order chi connectivity index (χ1) is 8.58. The molecule has 108 valence electrons. The topological polar surface area (TPSA) is 44.7 Å². The van der Waals surface area contributed by atoms with E-state index in [1.165, 1.54) is 25.7 Å². The van der Waals surface area contributed by atoms with Crippen LogP contribution < -0.4 is 5.32 Å². The van der Waals surface area contributed by atoms with E-state index in [1.54, 1.807) is 0 Å². The molecule has 0 aromatic heterocycles. The van der Waals surface area contributed by atoms with Crippen molar-refractivity contribution in [1.82, 2.24) is 10.2 Å². The van der Waals surface area contributed by atoms with Crippen LogP contribution in [0.4, 0.5) is 0 Å². The van der Waals surface area contributed by atoms with Crippen LogP contribution in [0, 0.1) is 0 Å². The first-order valence-electron chi connectivity index (χ1n) is 7.25. The Labute approximate surface area is 112 Å². The number of hydrogen-bond acceptors (Lipinski definition) is 4. The second-order valence-electron chi connectivity index (χ2n) is 5.79. The molecule has 1 saturated carbocycles. The van der Waals surface area contributed by atoms with Crippen LogP contribution in [0.1, 0.15) is 39.0 Å². The highest BCUT2D eigenvalue weighted by molar-refractivity contribution is 4.70. The summed E-state index contributed by atoms with van der Waals surface area (Å²) in [7, 11) is 4.16. The van der Waals surface area contributed by atoms with Crippen molar-refractivity contribution < 1.29 is 9.84 Å². The fourth-order valence-electron chi connectivity index (χ4n) is 2.25. The van der Waals surface area contributed by atoms with Crippen LogP contribution in [-0.2, 0) is 4.74 Å². The Bertz CT molecular complexity index is 206. The van der Waals surface area contributed by atoms with Crippen LogP contribution >= 0.6 is 0 Å². The lowest BCUT2D eigenvalue weighted by atomic mass is 10.2. The Balaban J connectivity index is 1.99. The summed E-state index contributed by atoms with van der Waals surface area (Å²) < 4.78 is 5.70. The third-order valence-electron chi connectivity index (χ3n) is 3.54. The van der Waals surface area contributed by atoms with E-state index in [1.807, 2.05) is 0 Å². The zero-order chi connectivity index (χ0) is 13.4. The van der Waals surface area contributed by atoms with Crippen LogP contribution in [0.2, 0.25) is 0 Å². The molecule has 4 heteroatoms. The minimum atomic E-state index is -0.382. The number of hydrogen-bond donors (Lipinski definition) is 2. The van der Waals surface area contributed by atoms with Gasteiger partial charge < -0.3 is 20.1 Å². The van der Waals surface area contributed by atoms with E-state index in [-0.39, 0.29) is 6.10 Å². The van der Waals surface area contributed by atoms with Crippen molar-refractivity contribution in [2.45, 2.75) is 57.3 Å². The molecule has 0 aromatic carbocycles. The quantitative estimate of drug-likeness (QED) is 0.653. The van der Waals surface area contributed by atoms with Gasteiger partial charge in [0.15, 0.2) is 0 Å². The van der Waals surface area contributed by atoms with Gasteiger partial charge in [0.05, 0.1) is 18.8 Å². The van der Waals surface area contributed by atoms with Crippen LogP contribution in [0.15, 0.2) is 0 Å². The van der Waals surface area contributed by atoms with Gasteiger partial charge in [-0.1, -0.05) is 12.8 Å². The number of nitrogens with one attached hydrogen (secondary N) is 1. The largest absolute Gasteiger partial charge is 0.389 e. The Morgan fingerprint density at radius 3 is 2.61 bits per heavy atom. The Morgan fingerprint density at radius 2 is 2.00 bits per heavy atom. The first kappa shape index (κ1) is 15.9. The molecule has 18 heavy (non-hydrogen) atoms. The van der Waals surface area contributed by atoms with Gasteiger partial charge >= 0.3 is 0 Å². The Hall–Kier alpha value is -0.160. The van der Waals surface area contributed by atoms with E-state index < -0.39 is 0 Å². The standard InChI is InChI=1S/C14H30N2O2/c1-12(8-9-16(2)3)15-10-13(17)11-18-14-6-4-5-7-14/h12-15,17H,4-11H2,1-3H3. The maximum absolute atomic E-state index is 9.84. The van der Waals surface area contributed by atoms with Crippen molar-refractivity contribution in [1.29, 1.82) is 0 Å². The zero-order valence-corrected chi connectivity index (χ0v) is 12.2. The summed E-state index contributed by atoms with van der Waals surface area (Å²) >= 11 is 0. The van der Waals surface area contributed by atoms with Crippen molar-refractivity contribution in [3.63, 3.8) is 0 Å². The summed E-state index contributed by atoms with van der Waals surface area (Å²) in [5.41, 5.74) is 0. The number of aliphatic hydroxyl groups excluding tert-OH is 1. The Morgan fingerprint density at radius 1 is 1.33 bits per heavy atom. The van der Waals surface area contributed by atoms with E-state index >= 15 is 0 Å². The van der Waals surface area contributed by atoms with Crippen LogP contribution in [0.5, 0.6) is 0 Å². The molecule has 0 aromatic rings. The molecular weight excluding hydrogens is 228 g/mol. The van der Waals surface area contributed by atoms with E-state index in [2.05, 4.69) is 31.2 Å². The number of rotatable bonds is 9. The molecule has 0 aliphatic heterocycles. The molecular formula is C14H30N2O2. The van der Waals surface area contributed by atoms with Gasteiger partial charge in [0.1, 0.15) is 0 Å². The molecule has 2 N–H and O–H groups in total. The smallest absolute Gasteiger partial charge is 0.0897 e. The summed E-state index contributed by atoms with van der Waals surface area (Å²) in [6.07, 6.45) is 6.00. The van der Waals surface area contributed by atoms with Gasteiger partial charge in [0.25, 0.3) is 0 Å². The number of aliphatic hydroxyl groups is 1. The van der Waals surface area contributed by atoms with Crippen LogP contribution in [-0.4, -0.2) is 62.0 Å². The van der Waals surface area contributed by atoms with Crippen molar-refractivity contribution in [2.75, 3.05) is 33.8 Å². The maximum Gasteiger partial charge on any atom is 0.0897 e. The monoisotopic (exact) mass is 258 g/mol. The predicted octanol–water partition coefficient (Wildman–Crippen LogP) is 1.24. The number of nitrogens with zero attached hydrogens (tertiary/aromatic N) is 1. The fourth-order valence-corrected chi connectivity index (χ4v) is 2.25. The molecule has 0 amide bonds. The molecule has 1 aliphatic carbocycles. The molecule has 0 radical (unpaired) electrons. The normalized spacial score (nSPS) is 20.5. The van der Waals surface area contributed by atoms with Crippen molar-refractivity contribution in [3.8, 4) is 0 Å². The predicted molar refractivity (Wildman–Crippen MR) is 74.9 cm³/mol. The van der Waals surface area contributed by atoms with Crippen LogP contribution in [0.3, 0.4) is 0 Å². The van der Waals surface area contributed by atoms with E-state index in [0.29, 0.717) is 25.3 Å². The molecule has 0 bridgehead atoms. The second-order valence-corrected chi connectivity index (χ2v) is 5.79. The van der Waals surface area contributed by atoms with Gasteiger partial charge in [0.2, 0.25) is 0 Å². The average Bonchev–Trinajstić information content (AvgIpc) is 2.84. The molecule has 0 saturated heterocycles. The minimum Gasteiger partial charge on any atom is -0.389 e. The third-order valence-corrected chi connectivity index (χ3v) is 3.54. The summed E-state index contributed by atoms with van der Waals surface area (Å²) in [4.78, 5) is 2.18. The van der Waals surface area contributed by atoms with Gasteiger partial charge in [-0.25, -0.2) is 0 Å². The highest BCUT2D eigenvalue weighted by Gasteiger charge is 2.17. The number of ether oxygens (including phenoxy) is 1. The molecule has 2 unspecified atom stereocenters. The van der Waals surface area contributed by atoms with Gasteiger partial charge in [-0.15, -0.1) is 0 Å². The molecule has 2 atom stereocenters. The highest BCUT2D eigenvalue weighted by Crippen LogP contribution is 2.20. The van der Waals surface area contributed by atoms with E-state index in [0.717, 1.165) is 13.0 Å². The van der Waals surface area contributed by atoms with Gasteiger partial charge in [0, 0.05) is 12.6 Å². The molecule has 0 heterocycles. The summed E-state index contributed by atoms with van der Waals surface area (Å²) in [5, 5.41) is 13.2. The first-order valence-corrected chi connectivity index (χ1v) is 7.25. The maximum atomic E-state index is 9.84. The molecule has 4 nitrogen and oxygen atoms in total. The fraction of sp³-hybridized carbons (Fsp3) is 1.00. The Kier molecular flexibility index (Phi) is 7.82. The molecule has 1 fully saturated rings. The van der Waals surface area contributed by atoms with Gasteiger partial charge in [-0.3, -0.25) is 0 Å². The average molecular weight is 258 g/mol. The zero-order valence-electron chi connectivity index (χ0n) is 12.2. The molecule has 0 spiro atoms. The van der Waals surface area contributed by atoms with Crippen molar-refractivity contribution in [2.24, 2.45) is 0 Å². The molecule has 1 aliphatic rings. The van der Waals surface area contributed by atoms with Gasteiger partial charge in [-0.05, 0) is 46.8 Å². The van der Waals surface area contributed by atoms with Crippen molar-refractivity contribution in [3.05, 3.63) is 0 Å². The summed E-state index contributed by atoms with van der Waals surface area (Å²) in [6.45, 7) is 4.33. The lowest BCUT2D eigenvalue weighted by Crippen LogP contribution is -2.37. The SMILES string of the molecule is CC(CCN(C)C)NCC(O)COC1CCCC1. The summed E-state index contributed by atoms with van der Waals surface area (Å²) in [6, 6.07) is 0.438. The third kappa shape index (κ3) is 7.31. The van der Waals surface area contributed by atoms with Gasteiger partial charge in [-0.2, -0.15) is 0 Å². The molecule has 1 rings (SSSR count). The minimum absolute atomic E-state index is 0.382. The van der Waals surface area contributed by atoms with Crippen molar-refractivity contribution >= 4 is 0 Å². The second kappa shape index (κ2) is 8.86.